The van der Waals surface area contributed by atoms with Gasteiger partial charge in [-0.15, -0.1) is 0 Å². The molecule has 5 nitrogen and oxygen atoms in total. The Hall–Kier alpha value is -0.940. The minimum Gasteiger partial charge on any atom is -0.475 e. The molecule has 0 amide bonds. The number of ketones is 1. The van der Waals surface area contributed by atoms with E-state index in [0.29, 0.717) is 0 Å². The predicted molar refractivity (Wildman–Crippen MR) is 35.1 cm³/mol. The van der Waals surface area contributed by atoms with Crippen molar-refractivity contribution in [1.29, 1.82) is 0 Å². The lowest BCUT2D eigenvalue weighted by Crippen LogP contribution is -2.28. The summed E-state index contributed by atoms with van der Waals surface area (Å²) in [6.07, 6.45) is -0.951. The van der Waals surface area contributed by atoms with Crippen molar-refractivity contribution in [1.82, 2.24) is 0 Å². The van der Waals surface area contributed by atoms with Gasteiger partial charge in [-0.05, 0) is 6.92 Å². The SMILES string of the molecule is COCO[C@H](C)C(=O)C(=O)O. The van der Waals surface area contributed by atoms with E-state index in [1.807, 2.05) is 0 Å². The molecule has 0 aliphatic heterocycles. The standard InChI is InChI=1S/C6H10O5/c1-4(11-3-10-2)5(7)6(8)9/h4H,3H2,1-2H3,(H,8,9)/t4-/m1/s1. The lowest BCUT2D eigenvalue weighted by molar-refractivity contribution is -0.158. The second-order valence-electron chi connectivity index (χ2n) is 1.88. The van der Waals surface area contributed by atoms with Gasteiger partial charge in [0.2, 0.25) is 0 Å². The number of Topliss-reactive ketones (excluding diaryl/α,β-unsaturated/α-hetero) is 1. The third-order valence-electron chi connectivity index (χ3n) is 1.02. The van der Waals surface area contributed by atoms with E-state index in [-0.39, 0.29) is 6.79 Å². The molecule has 0 saturated carbocycles. The van der Waals surface area contributed by atoms with Crippen molar-refractivity contribution in [2.75, 3.05) is 13.9 Å². The van der Waals surface area contributed by atoms with E-state index in [4.69, 9.17) is 5.11 Å². The molecule has 0 aliphatic carbocycles. The second kappa shape index (κ2) is 4.81. The molecule has 5 heteroatoms. The minimum atomic E-state index is -1.49. The second-order valence-corrected chi connectivity index (χ2v) is 1.88. The lowest BCUT2D eigenvalue weighted by Gasteiger charge is -2.07. The van der Waals surface area contributed by atoms with Crippen LogP contribution in [0.5, 0.6) is 0 Å². The zero-order valence-corrected chi connectivity index (χ0v) is 6.36. The van der Waals surface area contributed by atoms with Crippen LogP contribution in [-0.2, 0) is 19.1 Å². The van der Waals surface area contributed by atoms with E-state index >= 15 is 0 Å². The van der Waals surface area contributed by atoms with Crippen molar-refractivity contribution in [3.8, 4) is 0 Å². The van der Waals surface area contributed by atoms with Crippen LogP contribution in [0.2, 0.25) is 0 Å². The zero-order valence-electron chi connectivity index (χ0n) is 6.36. The van der Waals surface area contributed by atoms with Gasteiger partial charge in [0, 0.05) is 7.11 Å². The first kappa shape index (κ1) is 10.1. The monoisotopic (exact) mass is 162 g/mol. The van der Waals surface area contributed by atoms with Crippen molar-refractivity contribution in [3.05, 3.63) is 0 Å². The Morgan fingerprint density at radius 1 is 1.55 bits per heavy atom. The smallest absolute Gasteiger partial charge is 0.374 e. The predicted octanol–water partition coefficient (Wildman–Crippen LogP) is -0.351. The number of carboxylic acid groups (broad SMARTS) is 1. The van der Waals surface area contributed by atoms with Gasteiger partial charge >= 0.3 is 5.97 Å². The van der Waals surface area contributed by atoms with Crippen LogP contribution in [-0.4, -0.2) is 36.9 Å². The molecule has 0 aromatic heterocycles. The first-order chi connectivity index (χ1) is 5.09. The average Bonchev–Trinajstić information content (AvgIpc) is 1.98. The summed E-state index contributed by atoms with van der Waals surface area (Å²) in [5.74, 6) is -2.46. The van der Waals surface area contributed by atoms with Gasteiger partial charge in [0.05, 0.1) is 0 Å². The molecule has 0 aromatic carbocycles. The van der Waals surface area contributed by atoms with Crippen molar-refractivity contribution >= 4 is 11.8 Å². The third-order valence-corrected chi connectivity index (χ3v) is 1.02. The number of carboxylic acids is 1. The van der Waals surface area contributed by atoms with E-state index < -0.39 is 17.9 Å². The summed E-state index contributed by atoms with van der Waals surface area (Å²) in [4.78, 5) is 20.6. The van der Waals surface area contributed by atoms with Crippen LogP contribution >= 0.6 is 0 Å². The van der Waals surface area contributed by atoms with Crippen molar-refractivity contribution in [2.45, 2.75) is 13.0 Å². The highest BCUT2D eigenvalue weighted by Crippen LogP contribution is 1.92. The topological polar surface area (TPSA) is 72.8 Å². The van der Waals surface area contributed by atoms with Crippen LogP contribution < -0.4 is 0 Å². The number of methoxy groups -OCH3 is 1. The van der Waals surface area contributed by atoms with E-state index in [0.717, 1.165) is 0 Å². The Morgan fingerprint density at radius 3 is 2.45 bits per heavy atom. The maximum atomic E-state index is 10.6. The van der Waals surface area contributed by atoms with Crippen molar-refractivity contribution in [3.63, 3.8) is 0 Å². The summed E-state index contributed by atoms with van der Waals surface area (Å²) >= 11 is 0. The Kier molecular flexibility index (Phi) is 4.40. The summed E-state index contributed by atoms with van der Waals surface area (Å²) < 4.78 is 9.14. The molecule has 0 rings (SSSR count). The number of ether oxygens (including phenoxy) is 2. The van der Waals surface area contributed by atoms with Crippen LogP contribution in [0.4, 0.5) is 0 Å². The van der Waals surface area contributed by atoms with Crippen LogP contribution in [0.25, 0.3) is 0 Å². The van der Waals surface area contributed by atoms with E-state index in [9.17, 15) is 9.59 Å². The molecule has 0 fully saturated rings. The fourth-order valence-corrected chi connectivity index (χ4v) is 0.420. The normalized spacial score (nSPS) is 12.5. The number of carbonyl (C=O) groups excluding carboxylic acids is 1. The molecule has 0 heterocycles. The lowest BCUT2D eigenvalue weighted by atomic mass is 10.3. The molecule has 0 saturated heterocycles. The fourth-order valence-electron chi connectivity index (χ4n) is 0.420. The summed E-state index contributed by atoms with van der Waals surface area (Å²) in [5, 5.41) is 8.18. The van der Waals surface area contributed by atoms with E-state index in [1.165, 1.54) is 14.0 Å². The maximum Gasteiger partial charge on any atom is 0.374 e. The Bertz CT molecular complexity index is 153. The first-order valence-electron chi connectivity index (χ1n) is 2.97. The van der Waals surface area contributed by atoms with Crippen LogP contribution in [0.1, 0.15) is 6.92 Å². The number of hydrogen-bond donors (Lipinski definition) is 1. The number of hydrogen-bond acceptors (Lipinski definition) is 4. The van der Waals surface area contributed by atoms with Gasteiger partial charge < -0.3 is 14.6 Å². The molecule has 0 radical (unpaired) electrons. The van der Waals surface area contributed by atoms with Crippen LogP contribution in [0, 0.1) is 0 Å². The Morgan fingerprint density at radius 2 is 2.09 bits per heavy atom. The number of carbonyl (C=O) groups is 2. The van der Waals surface area contributed by atoms with Crippen LogP contribution in [0.15, 0.2) is 0 Å². The third kappa shape index (κ3) is 3.69. The maximum absolute atomic E-state index is 10.6. The fraction of sp³-hybridized carbons (Fsp3) is 0.667. The van der Waals surface area contributed by atoms with Gasteiger partial charge in [-0.25, -0.2) is 4.79 Å². The minimum absolute atomic E-state index is 0.0831. The molecule has 0 unspecified atom stereocenters. The largest absolute Gasteiger partial charge is 0.475 e. The Balaban J connectivity index is 3.73. The molecule has 64 valence electrons. The summed E-state index contributed by atoms with van der Waals surface area (Å²) in [7, 11) is 1.39. The summed E-state index contributed by atoms with van der Waals surface area (Å²) in [6, 6.07) is 0. The molecule has 0 bridgehead atoms. The van der Waals surface area contributed by atoms with Gasteiger partial charge in [-0.3, -0.25) is 4.79 Å². The molecule has 0 spiro atoms. The Labute approximate surface area is 63.9 Å². The van der Waals surface area contributed by atoms with Crippen molar-refractivity contribution < 1.29 is 24.2 Å². The summed E-state index contributed by atoms with van der Waals surface area (Å²) in [6.45, 7) is 1.27. The first-order valence-corrected chi connectivity index (χ1v) is 2.97. The molecular formula is C6H10O5. The van der Waals surface area contributed by atoms with Gasteiger partial charge in [0.15, 0.2) is 0 Å². The highest BCUT2D eigenvalue weighted by atomic mass is 16.7. The van der Waals surface area contributed by atoms with E-state index in [2.05, 4.69) is 9.47 Å². The van der Waals surface area contributed by atoms with Gasteiger partial charge in [-0.2, -0.15) is 0 Å². The summed E-state index contributed by atoms with van der Waals surface area (Å²) in [5.41, 5.74) is 0. The highest BCUT2D eigenvalue weighted by molar-refractivity contribution is 6.34. The number of aliphatic carboxylic acids is 1. The van der Waals surface area contributed by atoms with Gasteiger partial charge in [-0.1, -0.05) is 0 Å². The van der Waals surface area contributed by atoms with Gasteiger partial charge in [0.25, 0.3) is 5.78 Å². The van der Waals surface area contributed by atoms with E-state index in [1.54, 1.807) is 0 Å². The molecule has 11 heavy (non-hydrogen) atoms. The molecule has 1 atom stereocenters. The molecule has 0 aromatic rings. The molecular weight excluding hydrogens is 152 g/mol. The highest BCUT2D eigenvalue weighted by Gasteiger charge is 2.20. The quantitative estimate of drug-likeness (QED) is 0.441. The van der Waals surface area contributed by atoms with Gasteiger partial charge in [0.1, 0.15) is 12.9 Å². The molecule has 0 aliphatic rings. The zero-order chi connectivity index (χ0) is 8.85. The molecule has 1 N–H and O–H groups in total. The average molecular weight is 162 g/mol. The number of rotatable bonds is 5. The van der Waals surface area contributed by atoms with Crippen molar-refractivity contribution in [2.24, 2.45) is 0 Å². The van der Waals surface area contributed by atoms with Crippen LogP contribution in [0.3, 0.4) is 0 Å².